The van der Waals surface area contributed by atoms with E-state index in [4.69, 9.17) is 11.6 Å². The quantitative estimate of drug-likeness (QED) is 0.719. The van der Waals surface area contributed by atoms with Gasteiger partial charge in [-0.15, -0.1) is 0 Å². The molecule has 2 N–H and O–H groups in total. The van der Waals surface area contributed by atoms with E-state index in [1.54, 1.807) is 37.3 Å². The molecule has 1 heterocycles. The Morgan fingerprint density at radius 3 is 2.79 bits per heavy atom. The van der Waals surface area contributed by atoms with Crippen molar-refractivity contribution in [2.45, 2.75) is 13.3 Å². The molecule has 122 valence electrons. The lowest BCUT2D eigenvalue weighted by molar-refractivity contribution is -0.136. The van der Waals surface area contributed by atoms with Crippen LogP contribution in [0, 0.1) is 12.7 Å². The van der Waals surface area contributed by atoms with Crippen LogP contribution < -0.4 is 5.32 Å². The van der Waals surface area contributed by atoms with E-state index >= 15 is 0 Å². The second-order valence-electron chi connectivity index (χ2n) is 5.42. The second-order valence-corrected chi connectivity index (χ2v) is 5.85. The van der Waals surface area contributed by atoms with E-state index in [9.17, 15) is 14.3 Å². The predicted octanol–water partition coefficient (Wildman–Crippen LogP) is 4.71. The van der Waals surface area contributed by atoms with Crippen molar-refractivity contribution in [3.8, 4) is 0 Å². The van der Waals surface area contributed by atoms with Gasteiger partial charge in [0.05, 0.1) is 17.6 Å². The van der Waals surface area contributed by atoms with E-state index in [2.05, 4.69) is 10.3 Å². The summed E-state index contributed by atoms with van der Waals surface area (Å²) in [6, 6.07) is 11.3. The van der Waals surface area contributed by atoms with Crippen LogP contribution >= 0.6 is 11.6 Å². The number of hydrogen-bond donors (Lipinski definition) is 2. The number of aliphatic carboxylic acids is 1. The minimum atomic E-state index is -0.982. The molecule has 0 unspecified atom stereocenters. The molecule has 6 heteroatoms. The fourth-order valence-electron chi connectivity index (χ4n) is 2.62. The van der Waals surface area contributed by atoms with Gasteiger partial charge in [0.15, 0.2) is 0 Å². The Morgan fingerprint density at radius 1 is 1.29 bits per heavy atom. The number of nitrogens with zero attached hydrogens (tertiary/aromatic N) is 1. The molecule has 0 amide bonds. The standard InChI is InChI=1S/C18H14ClFN2O2/c1-10-14(9-17(23)24)18(22-13-4-2-3-11(19)7-13)15-8-12(20)5-6-16(15)21-10/h2-8H,9H2,1H3,(H,21,22)(H,23,24). The van der Waals surface area contributed by atoms with Gasteiger partial charge in [-0.2, -0.15) is 0 Å². The number of hydrogen-bond acceptors (Lipinski definition) is 3. The molecule has 0 aliphatic heterocycles. The van der Waals surface area contributed by atoms with E-state index in [1.165, 1.54) is 12.1 Å². The smallest absolute Gasteiger partial charge is 0.307 e. The number of carboxylic acid groups (broad SMARTS) is 1. The zero-order valence-electron chi connectivity index (χ0n) is 12.8. The van der Waals surface area contributed by atoms with Crippen LogP contribution in [0.1, 0.15) is 11.3 Å². The summed E-state index contributed by atoms with van der Waals surface area (Å²) in [7, 11) is 0. The molecule has 0 atom stereocenters. The summed E-state index contributed by atoms with van der Waals surface area (Å²) in [4.78, 5) is 15.6. The normalized spacial score (nSPS) is 10.8. The molecule has 4 nitrogen and oxygen atoms in total. The zero-order chi connectivity index (χ0) is 17.3. The zero-order valence-corrected chi connectivity index (χ0v) is 13.6. The number of halogens is 2. The molecule has 0 spiro atoms. The number of aryl methyl sites for hydroxylation is 1. The Morgan fingerprint density at radius 2 is 2.08 bits per heavy atom. The minimum Gasteiger partial charge on any atom is -0.481 e. The molecule has 0 saturated carbocycles. The van der Waals surface area contributed by atoms with Crippen molar-refractivity contribution in [2.24, 2.45) is 0 Å². The van der Waals surface area contributed by atoms with Gasteiger partial charge in [0, 0.05) is 27.4 Å². The highest BCUT2D eigenvalue weighted by molar-refractivity contribution is 6.30. The number of fused-ring (bicyclic) bond motifs is 1. The summed E-state index contributed by atoms with van der Waals surface area (Å²) in [5.74, 6) is -1.40. The summed E-state index contributed by atoms with van der Waals surface area (Å²) in [5, 5.41) is 13.4. The van der Waals surface area contributed by atoms with Gasteiger partial charge in [0.2, 0.25) is 0 Å². The molecule has 3 aromatic rings. The summed E-state index contributed by atoms with van der Waals surface area (Å²) in [5.41, 5.74) is 2.90. The summed E-state index contributed by atoms with van der Waals surface area (Å²) in [6.45, 7) is 1.74. The summed E-state index contributed by atoms with van der Waals surface area (Å²) < 4.78 is 13.7. The van der Waals surface area contributed by atoms with E-state index < -0.39 is 11.8 Å². The van der Waals surface area contributed by atoms with Crippen LogP contribution in [0.2, 0.25) is 5.02 Å². The highest BCUT2D eigenvalue weighted by Gasteiger charge is 2.16. The Balaban J connectivity index is 2.23. The van der Waals surface area contributed by atoms with E-state index in [1.807, 2.05) is 0 Å². The first-order chi connectivity index (χ1) is 11.4. The maximum Gasteiger partial charge on any atom is 0.307 e. The van der Waals surface area contributed by atoms with E-state index in [-0.39, 0.29) is 6.42 Å². The van der Waals surface area contributed by atoms with Gasteiger partial charge in [-0.3, -0.25) is 9.78 Å². The monoisotopic (exact) mass is 344 g/mol. The average molecular weight is 345 g/mol. The van der Waals surface area contributed by atoms with Gasteiger partial charge >= 0.3 is 5.97 Å². The van der Waals surface area contributed by atoms with Crippen LogP contribution in [0.25, 0.3) is 10.9 Å². The van der Waals surface area contributed by atoms with Crippen LogP contribution in [0.5, 0.6) is 0 Å². The fraction of sp³-hybridized carbons (Fsp3) is 0.111. The molecule has 0 aliphatic carbocycles. The lowest BCUT2D eigenvalue weighted by atomic mass is 10.0. The van der Waals surface area contributed by atoms with Gasteiger partial charge in [-0.1, -0.05) is 17.7 Å². The van der Waals surface area contributed by atoms with Gasteiger partial charge < -0.3 is 10.4 Å². The van der Waals surface area contributed by atoms with Crippen LogP contribution in [-0.4, -0.2) is 16.1 Å². The Labute approximate surface area is 142 Å². The lowest BCUT2D eigenvalue weighted by Crippen LogP contribution is -2.08. The number of pyridine rings is 1. The topological polar surface area (TPSA) is 62.2 Å². The number of carboxylic acids is 1. The number of rotatable bonds is 4. The number of anilines is 2. The molecule has 0 fully saturated rings. The number of nitrogens with one attached hydrogen (secondary N) is 1. The minimum absolute atomic E-state index is 0.214. The van der Waals surface area contributed by atoms with Crippen molar-refractivity contribution < 1.29 is 14.3 Å². The van der Waals surface area contributed by atoms with Gasteiger partial charge in [0.25, 0.3) is 0 Å². The third-order valence-electron chi connectivity index (χ3n) is 3.68. The van der Waals surface area contributed by atoms with Crippen molar-refractivity contribution in [1.29, 1.82) is 0 Å². The highest BCUT2D eigenvalue weighted by atomic mass is 35.5. The Kier molecular flexibility index (Phi) is 4.36. The van der Waals surface area contributed by atoms with Crippen molar-refractivity contribution >= 4 is 39.8 Å². The molecule has 1 aromatic heterocycles. The third-order valence-corrected chi connectivity index (χ3v) is 3.91. The van der Waals surface area contributed by atoms with Crippen LogP contribution in [0.3, 0.4) is 0 Å². The molecule has 0 radical (unpaired) electrons. The largest absolute Gasteiger partial charge is 0.481 e. The van der Waals surface area contributed by atoms with E-state index in [0.717, 1.165) is 0 Å². The first-order valence-corrected chi connectivity index (χ1v) is 7.65. The molecule has 0 saturated heterocycles. The molecule has 3 rings (SSSR count). The molecule has 0 aliphatic rings. The van der Waals surface area contributed by atoms with Gasteiger partial charge in [-0.25, -0.2) is 4.39 Å². The van der Waals surface area contributed by atoms with Crippen molar-refractivity contribution in [3.63, 3.8) is 0 Å². The lowest BCUT2D eigenvalue weighted by Gasteiger charge is -2.16. The predicted molar refractivity (Wildman–Crippen MR) is 92.5 cm³/mol. The fourth-order valence-corrected chi connectivity index (χ4v) is 2.81. The van der Waals surface area contributed by atoms with Crippen molar-refractivity contribution in [3.05, 3.63) is 64.6 Å². The van der Waals surface area contributed by atoms with Gasteiger partial charge in [-0.05, 0) is 43.3 Å². The van der Waals surface area contributed by atoms with Crippen molar-refractivity contribution in [2.75, 3.05) is 5.32 Å². The summed E-state index contributed by atoms with van der Waals surface area (Å²) in [6.07, 6.45) is -0.214. The molecular weight excluding hydrogens is 331 g/mol. The number of aromatic nitrogens is 1. The first kappa shape index (κ1) is 16.2. The van der Waals surface area contributed by atoms with Crippen LogP contribution in [0.15, 0.2) is 42.5 Å². The first-order valence-electron chi connectivity index (χ1n) is 7.27. The second kappa shape index (κ2) is 6.45. The molecule has 24 heavy (non-hydrogen) atoms. The number of carbonyl (C=O) groups is 1. The number of benzene rings is 2. The van der Waals surface area contributed by atoms with E-state index in [0.29, 0.717) is 38.6 Å². The molecule has 2 aromatic carbocycles. The third kappa shape index (κ3) is 3.31. The Bertz CT molecular complexity index is 944. The van der Waals surface area contributed by atoms with Crippen molar-refractivity contribution in [1.82, 2.24) is 4.98 Å². The van der Waals surface area contributed by atoms with Gasteiger partial charge in [0.1, 0.15) is 5.82 Å². The SMILES string of the molecule is Cc1nc2ccc(F)cc2c(Nc2cccc(Cl)c2)c1CC(=O)O. The van der Waals surface area contributed by atoms with Crippen LogP contribution in [-0.2, 0) is 11.2 Å². The maximum absolute atomic E-state index is 13.7. The average Bonchev–Trinajstić information content (AvgIpc) is 2.51. The van der Waals surface area contributed by atoms with Crippen LogP contribution in [0.4, 0.5) is 15.8 Å². The maximum atomic E-state index is 13.7. The highest BCUT2D eigenvalue weighted by Crippen LogP contribution is 2.32. The molecular formula is C18H14ClFN2O2. The Hall–Kier alpha value is -2.66. The molecule has 0 bridgehead atoms. The summed E-state index contributed by atoms with van der Waals surface area (Å²) >= 11 is 6.00.